The van der Waals surface area contributed by atoms with Crippen molar-refractivity contribution in [3.05, 3.63) is 0 Å². The molecule has 0 aliphatic heterocycles. The molecule has 0 aromatic carbocycles. The van der Waals surface area contributed by atoms with Gasteiger partial charge in [-0.1, -0.05) is 0 Å². The number of carboxylic acid groups (broad SMARTS) is 2. The Hall–Kier alpha value is 2.46. The molecule has 60 valence electrons. The van der Waals surface area contributed by atoms with Crippen LogP contribution in [0.4, 0.5) is 9.59 Å². The molecule has 0 bridgehead atoms. The maximum absolute atomic E-state index is 8.72. The van der Waals surface area contributed by atoms with E-state index >= 15 is 0 Å². The second-order valence-corrected chi connectivity index (χ2v) is 0.667. The molecule has 0 saturated heterocycles. The van der Waals surface area contributed by atoms with Gasteiger partial charge in [0.1, 0.15) is 0 Å². The topological polar surface area (TPSA) is 145 Å². The Labute approximate surface area is 167 Å². The van der Waals surface area contributed by atoms with Gasteiger partial charge in [0.05, 0.1) is 0 Å². The van der Waals surface area contributed by atoms with Crippen LogP contribution >= 0.6 is 0 Å². The first-order valence-electron chi connectivity index (χ1n) is 1.56. The molecule has 0 spiro atoms. The molecule has 0 radical (unpaired) electrons. The van der Waals surface area contributed by atoms with E-state index in [-0.39, 0.29) is 118 Å². The van der Waals surface area contributed by atoms with Gasteiger partial charge in [-0.15, -0.1) is 0 Å². The van der Waals surface area contributed by atoms with Gasteiger partial charge < -0.3 is 40.1 Å². The molecule has 0 aliphatic rings. The smallest absolute Gasteiger partial charge is 0.755 e. The minimum Gasteiger partial charge on any atom is -0.755 e. The van der Waals surface area contributed by atoms with Crippen molar-refractivity contribution in [3.8, 4) is 0 Å². The first kappa shape index (κ1) is 36.0. The molecule has 8 nitrogen and oxygen atoms in total. The van der Waals surface area contributed by atoms with Crippen molar-refractivity contribution in [2.24, 2.45) is 0 Å². The molecule has 0 aliphatic carbocycles. The fourth-order valence-corrected chi connectivity index (χ4v) is 0. The monoisotopic (exact) mass is 244 g/mol. The van der Waals surface area contributed by atoms with Crippen molar-refractivity contribution in [1.82, 2.24) is 0 Å². The van der Waals surface area contributed by atoms with Gasteiger partial charge in [-0.05, 0) is 0 Å². The Balaban J connectivity index is -0.0000000178. The Morgan fingerprint density at radius 2 is 0.786 bits per heavy atom. The molecule has 0 saturated carbocycles. The van der Waals surface area contributed by atoms with E-state index in [4.69, 9.17) is 30.3 Å². The third-order valence-corrected chi connectivity index (χ3v) is 0.136. The average Bonchev–Trinajstić information content (AvgIpc) is 1.89. The van der Waals surface area contributed by atoms with Crippen molar-refractivity contribution in [2.45, 2.75) is 0 Å². The normalized spacial score (nSPS) is 4.71. The van der Waals surface area contributed by atoms with Crippen LogP contribution in [0.5, 0.6) is 0 Å². The van der Waals surface area contributed by atoms with Gasteiger partial charge in [-0.25, -0.2) is 0 Å². The van der Waals surface area contributed by atoms with Gasteiger partial charge >= 0.3 is 118 Å². The molecule has 0 N–H and O–H groups in total. The Morgan fingerprint density at radius 3 is 0.786 bits per heavy atom. The Kier molecular flexibility index (Phi) is 75.9. The first-order chi connectivity index (χ1) is 4.54. The minimum atomic E-state index is -2.05. The van der Waals surface area contributed by atoms with E-state index < -0.39 is 12.3 Å². The van der Waals surface area contributed by atoms with E-state index in [9.17, 15) is 0 Å². The van der Waals surface area contributed by atoms with Crippen LogP contribution in [0.3, 0.4) is 0 Å². The van der Waals surface area contributed by atoms with Crippen LogP contribution in [-0.4, -0.2) is 12.3 Å². The SMILES string of the molecule is O=C([O-])O[O-].O=C([O-])O[O-].[Na+].[Na+].[Na+].[Na+]. The van der Waals surface area contributed by atoms with E-state index in [1.807, 2.05) is 0 Å². The fraction of sp³-hybridized carbons (Fsp3) is 0. The van der Waals surface area contributed by atoms with Crippen LogP contribution in [0.1, 0.15) is 0 Å². The predicted molar refractivity (Wildman–Crippen MR) is 13.0 cm³/mol. The number of hydrogen-bond donors (Lipinski definition) is 0. The quantitative estimate of drug-likeness (QED) is 0.232. The second-order valence-electron chi connectivity index (χ2n) is 0.667. The number of rotatable bonds is 0. The van der Waals surface area contributed by atoms with Crippen LogP contribution < -0.4 is 139 Å². The van der Waals surface area contributed by atoms with E-state index in [0.717, 1.165) is 0 Å². The first-order valence-corrected chi connectivity index (χ1v) is 1.56. The molecule has 0 unspecified atom stereocenters. The van der Waals surface area contributed by atoms with Crippen molar-refractivity contribution in [1.29, 1.82) is 0 Å². The molecule has 12 heteroatoms. The van der Waals surface area contributed by atoms with Crippen molar-refractivity contribution in [2.75, 3.05) is 0 Å². The van der Waals surface area contributed by atoms with Gasteiger partial charge in [0, 0.05) is 0 Å². The summed E-state index contributed by atoms with van der Waals surface area (Å²) in [5.41, 5.74) is 0. The van der Waals surface area contributed by atoms with Gasteiger partial charge in [0.15, 0.2) is 0 Å². The van der Waals surface area contributed by atoms with Crippen molar-refractivity contribution >= 4 is 12.3 Å². The zero-order valence-electron chi connectivity index (χ0n) is 8.27. The number of hydrogen-bond acceptors (Lipinski definition) is 8. The maximum Gasteiger partial charge on any atom is 1.00 e. The van der Waals surface area contributed by atoms with Crippen LogP contribution in [0.15, 0.2) is 0 Å². The molecule has 0 aromatic rings. The number of carbonyl (C=O) groups excluding carboxylic acids is 2. The summed E-state index contributed by atoms with van der Waals surface area (Å²) < 4.78 is 0. The van der Waals surface area contributed by atoms with Crippen molar-refractivity contribution in [3.63, 3.8) is 0 Å². The van der Waals surface area contributed by atoms with E-state index in [0.29, 0.717) is 0 Å². The summed E-state index contributed by atoms with van der Waals surface area (Å²) in [5.74, 6) is 0. The summed E-state index contributed by atoms with van der Waals surface area (Å²) in [6.07, 6.45) is -4.10. The third kappa shape index (κ3) is 62.8. The average molecular weight is 244 g/mol. The van der Waals surface area contributed by atoms with Gasteiger partial charge in [0.25, 0.3) is 0 Å². The molecular weight excluding hydrogens is 244 g/mol. The zero-order valence-corrected chi connectivity index (χ0v) is 16.3. The fourth-order valence-electron chi connectivity index (χ4n) is 0. The molecule has 0 atom stereocenters. The van der Waals surface area contributed by atoms with E-state index in [1.165, 1.54) is 0 Å². The van der Waals surface area contributed by atoms with Crippen molar-refractivity contribution < 1.29 is 158 Å². The van der Waals surface area contributed by atoms with Gasteiger partial charge in [-0.3, -0.25) is 0 Å². The predicted octanol–water partition coefficient (Wildman–Crippen LogP) is -16.7. The molecule has 0 rings (SSSR count). The molecule has 0 fully saturated rings. The summed E-state index contributed by atoms with van der Waals surface area (Å²) in [6.45, 7) is 0. The minimum absolute atomic E-state index is 0. The van der Waals surface area contributed by atoms with Gasteiger partial charge in [-0.2, -0.15) is 0 Å². The third-order valence-electron chi connectivity index (χ3n) is 0.136. The van der Waals surface area contributed by atoms with Crippen LogP contribution in [0.25, 0.3) is 0 Å². The molecule has 0 amide bonds. The zero-order chi connectivity index (χ0) is 8.57. The van der Waals surface area contributed by atoms with E-state index in [2.05, 4.69) is 9.78 Å². The summed E-state index contributed by atoms with van der Waals surface area (Å²) >= 11 is 0. The Bertz CT molecular complexity index is 104. The molecule has 0 heterocycles. The Morgan fingerprint density at radius 1 is 0.714 bits per heavy atom. The maximum atomic E-state index is 8.72. The summed E-state index contributed by atoms with van der Waals surface area (Å²) in [6, 6.07) is 0. The standard InChI is InChI=1S/2CH2O4.4Na/c2*2-1(3)5-4;;;;/h2*4H,(H,2,3);;;;/q;;4*+1/p-4. The molecule has 0 aromatic heterocycles. The largest absolute Gasteiger partial charge is 1.00 e. The summed E-state index contributed by atoms with van der Waals surface area (Å²) in [5, 5.41) is 34.4. The second kappa shape index (κ2) is 29.5. The van der Waals surface area contributed by atoms with Crippen LogP contribution in [-0.2, 0) is 9.78 Å². The molecule has 14 heavy (non-hydrogen) atoms. The van der Waals surface area contributed by atoms with Crippen LogP contribution in [0.2, 0.25) is 0 Å². The summed E-state index contributed by atoms with van der Waals surface area (Å²) in [7, 11) is 0. The van der Waals surface area contributed by atoms with E-state index in [1.54, 1.807) is 0 Å². The number of carbonyl (C=O) groups is 2. The molecular formula is C2Na4O8. The summed E-state index contributed by atoms with van der Waals surface area (Å²) in [4.78, 5) is 22.1. The van der Waals surface area contributed by atoms with Crippen LogP contribution in [0, 0.1) is 0 Å². The van der Waals surface area contributed by atoms with Gasteiger partial charge in [0.2, 0.25) is 12.3 Å².